The fourth-order valence-corrected chi connectivity index (χ4v) is 1.96. The van der Waals surface area contributed by atoms with Gasteiger partial charge in [-0.15, -0.1) is 0 Å². The van der Waals surface area contributed by atoms with Crippen LogP contribution >= 0.6 is 0 Å². The number of urea groups is 1. The van der Waals surface area contributed by atoms with E-state index in [0.717, 1.165) is 13.0 Å². The summed E-state index contributed by atoms with van der Waals surface area (Å²) in [5.41, 5.74) is -0.322. The molecule has 0 saturated carbocycles. The summed E-state index contributed by atoms with van der Waals surface area (Å²) in [5, 5.41) is 5.69. The number of hydrogen-bond acceptors (Lipinski definition) is 3. The molecule has 2 aliphatic heterocycles. The molecule has 72 valence electrons. The second-order valence-corrected chi connectivity index (χ2v) is 3.81. The molecule has 0 bridgehead atoms. The first-order valence-electron chi connectivity index (χ1n) is 4.45. The zero-order valence-corrected chi connectivity index (χ0v) is 7.59. The first-order valence-corrected chi connectivity index (χ1v) is 4.45. The van der Waals surface area contributed by atoms with Gasteiger partial charge in [0.15, 0.2) is 0 Å². The fraction of sp³-hybridized carbons (Fsp3) is 0.750. The van der Waals surface area contributed by atoms with Crippen LogP contribution in [0.2, 0.25) is 0 Å². The Morgan fingerprint density at radius 1 is 1.46 bits per heavy atom. The van der Waals surface area contributed by atoms with Gasteiger partial charge in [-0.25, -0.2) is 4.79 Å². The lowest BCUT2D eigenvalue weighted by Gasteiger charge is -2.31. The summed E-state index contributed by atoms with van der Waals surface area (Å²) in [6, 6.07) is -0.254. The van der Waals surface area contributed by atoms with Gasteiger partial charge < -0.3 is 10.6 Å². The van der Waals surface area contributed by atoms with Crippen molar-refractivity contribution in [2.45, 2.75) is 18.9 Å². The van der Waals surface area contributed by atoms with E-state index in [1.54, 1.807) is 0 Å². The van der Waals surface area contributed by atoms with E-state index in [9.17, 15) is 9.59 Å². The Morgan fingerprint density at radius 3 is 2.69 bits per heavy atom. The van der Waals surface area contributed by atoms with Crippen molar-refractivity contribution >= 4 is 11.9 Å². The molecule has 13 heavy (non-hydrogen) atoms. The Labute approximate surface area is 76.5 Å². The molecule has 2 N–H and O–H groups in total. The predicted molar refractivity (Wildman–Crippen MR) is 46.1 cm³/mol. The van der Waals surface area contributed by atoms with Crippen LogP contribution in [0.1, 0.15) is 13.3 Å². The lowest BCUT2D eigenvalue weighted by molar-refractivity contribution is -0.128. The van der Waals surface area contributed by atoms with E-state index in [2.05, 4.69) is 10.6 Å². The highest BCUT2D eigenvalue weighted by atomic mass is 16.2. The van der Waals surface area contributed by atoms with Crippen molar-refractivity contribution < 1.29 is 9.59 Å². The third-order valence-corrected chi connectivity index (χ3v) is 2.73. The molecular weight excluding hydrogens is 170 g/mol. The molecule has 1 atom stereocenters. The molecule has 0 spiro atoms. The number of rotatable bonds is 1. The van der Waals surface area contributed by atoms with Gasteiger partial charge in [-0.3, -0.25) is 9.69 Å². The predicted octanol–water partition coefficient (Wildman–Crippen LogP) is -0.710. The van der Waals surface area contributed by atoms with E-state index in [4.69, 9.17) is 0 Å². The number of nitrogens with zero attached hydrogens (tertiary/aromatic N) is 1. The normalized spacial score (nSPS) is 34.1. The number of hydrogen-bond donors (Lipinski definition) is 2. The summed E-state index contributed by atoms with van der Waals surface area (Å²) in [6.45, 7) is 3.66. The Balaban J connectivity index is 2.22. The molecule has 5 heteroatoms. The summed E-state index contributed by atoms with van der Waals surface area (Å²) >= 11 is 0. The molecule has 2 rings (SSSR count). The molecule has 2 heterocycles. The molecule has 5 nitrogen and oxygen atoms in total. The molecule has 0 aromatic heterocycles. The maximum Gasteiger partial charge on any atom is 0.325 e. The highest BCUT2D eigenvalue weighted by Gasteiger charge is 2.44. The summed E-state index contributed by atoms with van der Waals surface area (Å²) in [4.78, 5) is 24.1. The molecule has 2 fully saturated rings. The first kappa shape index (κ1) is 8.50. The van der Waals surface area contributed by atoms with Gasteiger partial charge in [0.25, 0.3) is 5.91 Å². The third-order valence-electron chi connectivity index (χ3n) is 2.73. The van der Waals surface area contributed by atoms with E-state index < -0.39 is 0 Å². The second kappa shape index (κ2) is 2.70. The van der Waals surface area contributed by atoms with Gasteiger partial charge in [0.1, 0.15) is 0 Å². The van der Waals surface area contributed by atoms with Gasteiger partial charge in [-0.1, -0.05) is 0 Å². The molecular formula is C8H13N3O2. The van der Waals surface area contributed by atoms with Crippen molar-refractivity contribution in [3.05, 3.63) is 0 Å². The minimum atomic E-state index is -0.322. The van der Waals surface area contributed by atoms with Crippen LogP contribution in [0.15, 0.2) is 0 Å². The van der Waals surface area contributed by atoms with Crippen molar-refractivity contribution in [2.24, 2.45) is 0 Å². The average molecular weight is 183 g/mol. The first-order chi connectivity index (χ1) is 6.13. The minimum absolute atomic E-state index is 0.115. The number of imide groups is 1. The van der Waals surface area contributed by atoms with Crippen molar-refractivity contribution in [2.75, 3.05) is 19.6 Å². The van der Waals surface area contributed by atoms with Crippen LogP contribution in [0.4, 0.5) is 4.79 Å². The summed E-state index contributed by atoms with van der Waals surface area (Å²) in [6.07, 6.45) is 0.839. The third kappa shape index (κ3) is 1.19. The van der Waals surface area contributed by atoms with E-state index in [1.807, 2.05) is 6.92 Å². The zero-order valence-electron chi connectivity index (χ0n) is 7.59. The van der Waals surface area contributed by atoms with Gasteiger partial charge in [0.05, 0.1) is 12.1 Å². The maximum absolute atomic E-state index is 11.4. The topological polar surface area (TPSA) is 61.4 Å². The van der Waals surface area contributed by atoms with Crippen molar-refractivity contribution in [1.29, 1.82) is 0 Å². The molecule has 0 radical (unpaired) electrons. The molecule has 3 amide bonds. The summed E-state index contributed by atoms with van der Waals surface area (Å²) in [7, 11) is 0. The Bertz CT molecular complexity index is 242. The molecule has 0 aliphatic carbocycles. The Kier molecular flexibility index (Phi) is 1.76. The van der Waals surface area contributed by atoms with Crippen LogP contribution < -0.4 is 10.6 Å². The number of carbonyl (C=O) groups excluding carboxylic acids is 2. The van der Waals surface area contributed by atoms with Gasteiger partial charge in [-0.05, 0) is 19.9 Å². The number of nitrogens with one attached hydrogen (secondary N) is 2. The largest absolute Gasteiger partial charge is 0.329 e. The number of amides is 3. The van der Waals surface area contributed by atoms with Crippen LogP contribution in [-0.4, -0.2) is 42.0 Å². The molecule has 0 aromatic carbocycles. The lowest BCUT2D eigenvalue weighted by atomic mass is 10.00. The molecule has 2 aliphatic rings. The Hall–Kier alpha value is -1.10. The van der Waals surface area contributed by atoms with E-state index in [0.29, 0.717) is 6.54 Å². The van der Waals surface area contributed by atoms with E-state index >= 15 is 0 Å². The second-order valence-electron chi connectivity index (χ2n) is 3.81. The van der Waals surface area contributed by atoms with Crippen LogP contribution in [0.3, 0.4) is 0 Å². The highest BCUT2D eigenvalue weighted by molar-refractivity contribution is 6.02. The minimum Gasteiger partial charge on any atom is -0.329 e. The highest BCUT2D eigenvalue weighted by Crippen LogP contribution is 2.24. The van der Waals surface area contributed by atoms with E-state index in [-0.39, 0.29) is 24.0 Å². The van der Waals surface area contributed by atoms with Gasteiger partial charge in [-0.2, -0.15) is 0 Å². The van der Waals surface area contributed by atoms with Crippen LogP contribution in [0, 0.1) is 0 Å². The quantitative estimate of drug-likeness (QED) is 0.528. The van der Waals surface area contributed by atoms with E-state index in [1.165, 1.54) is 4.90 Å². The maximum atomic E-state index is 11.4. The van der Waals surface area contributed by atoms with Crippen molar-refractivity contribution in [1.82, 2.24) is 15.5 Å². The van der Waals surface area contributed by atoms with Gasteiger partial charge in [0.2, 0.25) is 0 Å². The average Bonchev–Trinajstić information content (AvgIpc) is 2.60. The SMILES string of the molecule is CC1(N2C(=O)CNC2=O)CCNC1. The monoisotopic (exact) mass is 183 g/mol. The molecule has 1 unspecified atom stereocenters. The summed E-state index contributed by atoms with van der Waals surface area (Å²) < 4.78 is 0. The molecule has 0 aromatic rings. The van der Waals surface area contributed by atoms with Gasteiger partial charge in [0, 0.05) is 6.54 Å². The lowest BCUT2D eigenvalue weighted by Crippen LogP contribution is -2.51. The number of carbonyl (C=O) groups is 2. The van der Waals surface area contributed by atoms with Crippen LogP contribution in [0.5, 0.6) is 0 Å². The molecule has 2 saturated heterocycles. The van der Waals surface area contributed by atoms with Crippen LogP contribution in [-0.2, 0) is 4.79 Å². The van der Waals surface area contributed by atoms with Crippen molar-refractivity contribution in [3.8, 4) is 0 Å². The van der Waals surface area contributed by atoms with Crippen molar-refractivity contribution in [3.63, 3.8) is 0 Å². The summed E-state index contributed by atoms with van der Waals surface area (Å²) in [5.74, 6) is -0.115. The zero-order chi connectivity index (χ0) is 9.47. The smallest absolute Gasteiger partial charge is 0.325 e. The Morgan fingerprint density at radius 2 is 2.23 bits per heavy atom. The van der Waals surface area contributed by atoms with Crippen LogP contribution in [0.25, 0.3) is 0 Å². The fourth-order valence-electron chi connectivity index (χ4n) is 1.96. The van der Waals surface area contributed by atoms with Gasteiger partial charge >= 0.3 is 6.03 Å². The standard InChI is InChI=1S/C8H13N3O2/c1-8(2-3-9-5-8)11-6(12)4-10-7(11)13/h9H,2-5H2,1H3,(H,10,13).